The number of aromatic nitrogens is 1. The molecule has 0 amide bonds. The molecule has 1 aromatic heterocycles. The third kappa shape index (κ3) is 3.17. The quantitative estimate of drug-likeness (QED) is 0.826. The summed E-state index contributed by atoms with van der Waals surface area (Å²) in [7, 11) is 1.60. The van der Waals surface area contributed by atoms with Crippen molar-refractivity contribution >= 4 is 5.97 Å². The number of methoxy groups -OCH3 is 1. The van der Waals surface area contributed by atoms with Crippen LogP contribution in [-0.2, 0) is 11.3 Å². The normalized spacial score (nSPS) is 16.5. The molecule has 0 bridgehead atoms. The van der Waals surface area contributed by atoms with Crippen LogP contribution in [0.25, 0.3) is 0 Å². The van der Waals surface area contributed by atoms with Crippen LogP contribution in [0, 0.1) is 5.92 Å². The molecule has 5 nitrogen and oxygen atoms in total. The molecule has 92 valence electrons. The Balaban J connectivity index is 1.81. The highest BCUT2D eigenvalue weighted by atomic mass is 16.5. The summed E-state index contributed by atoms with van der Waals surface area (Å²) < 4.78 is 5.05. The summed E-state index contributed by atoms with van der Waals surface area (Å²) in [6.45, 7) is 2.43. The van der Waals surface area contributed by atoms with E-state index in [1.807, 2.05) is 18.2 Å². The summed E-state index contributed by atoms with van der Waals surface area (Å²) in [5.41, 5.74) is 0.957. The van der Waals surface area contributed by atoms with E-state index in [0.717, 1.165) is 25.3 Å². The van der Waals surface area contributed by atoms with Gasteiger partial charge in [-0.3, -0.25) is 9.69 Å². The number of carboxylic acid groups (broad SMARTS) is 1. The number of aliphatic carboxylic acids is 1. The van der Waals surface area contributed by atoms with Crippen LogP contribution in [0.1, 0.15) is 12.1 Å². The maximum atomic E-state index is 10.5. The van der Waals surface area contributed by atoms with Gasteiger partial charge in [0.15, 0.2) is 0 Å². The number of carbonyl (C=O) groups is 1. The van der Waals surface area contributed by atoms with Crippen LogP contribution >= 0.6 is 0 Å². The molecule has 2 heterocycles. The molecule has 0 saturated carbocycles. The van der Waals surface area contributed by atoms with Crippen LogP contribution in [0.4, 0.5) is 0 Å². The van der Waals surface area contributed by atoms with Crippen LogP contribution < -0.4 is 4.74 Å². The molecule has 0 atom stereocenters. The molecule has 0 spiro atoms. The zero-order valence-corrected chi connectivity index (χ0v) is 9.80. The summed E-state index contributed by atoms with van der Waals surface area (Å²) in [6, 6.07) is 5.68. The predicted octanol–water partition coefficient (Wildman–Crippen LogP) is 0.997. The number of hydrogen-bond acceptors (Lipinski definition) is 4. The van der Waals surface area contributed by atoms with E-state index in [1.54, 1.807) is 7.11 Å². The van der Waals surface area contributed by atoms with Crippen molar-refractivity contribution in [3.63, 3.8) is 0 Å². The minimum atomic E-state index is -0.714. The van der Waals surface area contributed by atoms with Crippen molar-refractivity contribution in [1.29, 1.82) is 0 Å². The third-order valence-electron chi connectivity index (χ3n) is 2.87. The van der Waals surface area contributed by atoms with Gasteiger partial charge in [-0.2, -0.15) is 0 Å². The van der Waals surface area contributed by atoms with Gasteiger partial charge in [-0.1, -0.05) is 6.07 Å². The monoisotopic (exact) mass is 236 g/mol. The van der Waals surface area contributed by atoms with Crippen LogP contribution in [0.15, 0.2) is 18.2 Å². The maximum absolute atomic E-state index is 10.5. The number of hydrogen-bond donors (Lipinski definition) is 1. The van der Waals surface area contributed by atoms with Gasteiger partial charge in [-0.25, -0.2) is 4.98 Å². The van der Waals surface area contributed by atoms with Gasteiger partial charge in [0.1, 0.15) is 0 Å². The molecule has 1 aliphatic rings. The van der Waals surface area contributed by atoms with Crippen molar-refractivity contribution in [2.24, 2.45) is 5.92 Å². The second kappa shape index (κ2) is 5.14. The van der Waals surface area contributed by atoms with Gasteiger partial charge in [-0.15, -0.1) is 0 Å². The first-order valence-electron chi connectivity index (χ1n) is 5.61. The lowest BCUT2D eigenvalue weighted by atomic mass is 9.96. The fraction of sp³-hybridized carbons (Fsp3) is 0.500. The topological polar surface area (TPSA) is 62.7 Å². The molecule has 0 radical (unpaired) electrons. The van der Waals surface area contributed by atoms with E-state index >= 15 is 0 Å². The van der Waals surface area contributed by atoms with Crippen molar-refractivity contribution in [2.75, 3.05) is 20.2 Å². The third-order valence-corrected chi connectivity index (χ3v) is 2.87. The smallest absolute Gasteiger partial charge is 0.303 e. The average Bonchev–Trinajstić information content (AvgIpc) is 2.26. The Labute approximate surface area is 100 Å². The molecular weight excluding hydrogens is 220 g/mol. The maximum Gasteiger partial charge on any atom is 0.303 e. The number of ether oxygens (including phenoxy) is 1. The lowest BCUT2D eigenvalue weighted by Gasteiger charge is -2.38. The molecule has 17 heavy (non-hydrogen) atoms. The SMILES string of the molecule is COc1cccc(CN2CC(CC(=O)O)C2)n1. The minimum Gasteiger partial charge on any atom is -0.481 e. The van der Waals surface area contributed by atoms with Crippen LogP contribution in [0.2, 0.25) is 0 Å². The first kappa shape index (κ1) is 11.9. The lowest BCUT2D eigenvalue weighted by molar-refractivity contribution is -0.139. The van der Waals surface area contributed by atoms with Crippen molar-refractivity contribution < 1.29 is 14.6 Å². The largest absolute Gasteiger partial charge is 0.481 e. The first-order valence-corrected chi connectivity index (χ1v) is 5.61. The van der Waals surface area contributed by atoms with Gasteiger partial charge < -0.3 is 9.84 Å². The highest BCUT2D eigenvalue weighted by Crippen LogP contribution is 2.21. The van der Waals surface area contributed by atoms with E-state index in [0.29, 0.717) is 5.88 Å². The summed E-state index contributed by atoms with van der Waals surface area (Å²) in [4.78, 5) is 17.0. The molecule has 1 saturated heterocycles. The number of rotatable bonds is 5. The number of carboxylic acids is 1. The standard InChI is InChI=1S/C12H16N2O3/c1-17-11-4-2-3-10(13-11)8-14-6-9(7-14)5-12(15)16/h2-4,9H,5-8H2,1H3,(H,15,16). The van der Waals surface area contributed by atoms with E-state index in [1.165, 1.54) is 0 Å². The number of pyridine rings is 1. The van der Waals surface area contributed by atoms with Crippen LogP contribution in [-0.4, -0.2) is 41.2 Å². The van der Waals surface area contributed by atoms with Crippen LogP contribution in [0.5, 0.6) is 5.88 Å². The van der Waals surface area contributed by atoms with E-state index < -0.39 is 5.97 Å². The van der Waals surface area contributed by atoms with E-state index in [9.17, 15) is 4.79 Å². The summed E-state index contributed by atoms with van der Waals surface area (Å²) in [5, 5.41) is 8.65. The van der Waals surface area contributed by atoms with Gasteiger partial charge >= 0.3 is 5.97 Å². The van der Waals surface area contributed by atoms with Crippen molar-refractivity contribution in [1.82, 2.24) is 9.88 Å². The van der Waals surface area contributed by atoms with Crippen molar-refractivity contribution in [3.8, 4) is 5.88 Å². The lowest BCUT2D eigenvalue weighted by Crippen LogP contribution is -2.46. The van der Waals surface area contributed by atoms with Crippen molar-refractivity contribution in [3.05, 3.63) is 23.9 Å². The first-order chi connectivity index (χ1) is 8.17. The summed E-state index contributed by atoms with van der Waals surface area (Å²) in [6.07, 6.45) is 0.266. The Bertz CT molecular complexity index is 402. The Hall–Kier alpha value is -1.62. The molecule has 5 heteroatoms. The van der Waals surface area contributed by atoms with Crippen molar-refractivity contribution in [2.45, 2.75) is 13.0 Å². The van der Waals surface area contributed by atoms with Crippen LogP contribution in [0.3, 0.4) is 0 Å². The average molecular weight is 236 g/mol. The fourth-order valence-corrected chi connectivity index (χ4v) is 2.07. The molecule has 1 aromatic rings. The van der Waals surface area contributed by atoms with Gasteiger partial charge in [0.05, 0.1) is 19.2 Å². The number of likely N-dealkylation sites (tertiary alicyclic amines) is 1. The van der Waals surface area contributed by atoms with E-state index in [2.05, 4.69) is 9.88 Å². The molecule has 0 aromatic carbocycles. The predicted molar refractivity (Wildman–Crippen MR) is 61.8 cm³/mol. The molecule has 0 unspecified atom stereocenters. The fourth-order valence-electron chi connectivity index (χ4n) is 2.07. The minimum absolute atomic E-state index is 0.266. The Kier molecular flexibility index (Phi) is 3.58. The second-order valence-corrected chi connectivity index (χ2v) is 4.33. The molecule has 1 N–H and O–H groups in total. The summed E-state index contributed by atoms with van der Waals surface area (Å²) in [5.74, 6) is 0.192. The molecule has 2 rings (SSSR count). The van der Waals surface area contributed by atoms with Gasteiger partial charge in [0.2, 0.25) is 5.88 Å². The molecule has 0 aliphatic carbocycles. The Morgan fingerprint density at radius 2 is 2.35 bits per heavy atom. The Morgan fingerprint density at radius 3 is 3.00 bits per heavy atom. The van der Waals surface area contributed by atoms with Gasteiger partial charge in [-0.05, 0) is 12.0 Å². The molecule has 1 aliphatic heterocycles. The Morgan fingerprint density at radius 1 is 1.59 bits per heavy atom. The highest BCUT2D eigenvalue weighted by molar-refractivity contribution is 5.67. The summed E-state index contributed by atoms with van der Waals surface area (Å²) >= 11 is 0. The second-order valence-electron chi connectivity index (χ2n) is 4.33. The van der Waals surface area contributed by atoms with E-state index in [-0.39, 0.29) is 12.3 Å². The number of nitrogens with zero attached hydrogens (tertiary/aromatic N) is 2. The van der Waals surface area contributed by atoms with E-state index in [4.69, 9.17) is 9.84 Å². The molecule has 1 fully saturated rings. The highest BCUT2D eigenvalue weighted by Gasteiger charge is 2.28. The molecular formula is C12H16N2O3. The van der Waals surface area contributed by atoms with Gasteiger partial charge in [0, 0.05) is 25.7 Å². The zero-order valence-electron chi connectivity index (χ0n) is 9.80. The zero-order chi connectivity index (χ0) is 12.3. The van der Waals surface area contributed by atoms with Gasteiger partial charge in [0.25, 0.3) is 0 Å².